The average molecular weight is 355 g/mol. The van der Waals surface area contributed by atoms with Crippen LogP contribution in [0.3, 0.4) is 0 Å². The van der Waals surface area contributed by atoms with E-state index in [1.807, 2.05) is 13.0 Å². The molecular formula is C17H17N5O4. The highest BCUT2D eigenvalue weighted by molar-refractivity contribution is 5.60. The topological polar surface area (TPSA) is 134 Å². The number of nitrogens with zero attached hydrogens (tertiary/aromatic N) is 5. The summed E-state index contributed by atoms with van der Waals surface area (Å²) in [6.45, 7) is 5.19. The Morgan fingerprint density at radius 3 is 2.62 bits per heavy atom. The maximum atomic E-state index is 12.6. The number of aromatic nitrogens is 1. The summed E-state index contributed by atoms with van der Waals surface area (Å²) in [5, 5.41) is 38.2. The van der Waals surface area contributed by atoms with Gasteiger partial charge in [-0.15, -0.1) is 10.2 Å². The van der Waals surface area contributed by atoms with E-state index >= 15 is 0 Å². The Balaban J connectivity index is 2.66. The van der Waals surface area contributed by atoms with Crippen molar-refractivity contribution in [2.45, 2.75) is 33.7 Å². The first-order chi connectivity index (χ1) is 12.3. The monoisotopic (exact) mass is 355 g/mol. The van der Waals surface area contributed by atoms with Gasteiger partial charge in [-0.05, 0) is 31.9 Å². The fourth-order valence-corrected chi connectivity index (χ4v) is 2.46. The summed E-state index contributed by atoms with van der Waals surface area (Å²) in [5.74, 6) is -0.419. The van der Waals surface area contributed by atoms with Crippen LogP contribution in [-0.2, 0) is 6.54 Å². The zero-order valence-corrected chi connectivity index (χ0v) is 14.6. The average Bonchev–Trinajstić information content (AvgIpc) is 2.59. The van der Waals surface area contributed by atoms with E-state index in [-0.39, 0.29) is 34.7 Å². The highest BCUT2D eigenvalue weighted by atomic mass is 16.6. The van der Waals surface area contributed by atoms with E-state index in [4.69, 9.17) is 0 Å². The quantitative estimate of drug-likeness (QED) is 0.495. The number of nitro benzene ring substituents is 1. The summed E-state index contributed by atoms with van der Waals surface area (Å²) >= 11 is 0. The molecule has 1 aromatic carbocycles. The van der Waals surface area contributed by atoms with Crippen LogP contribution in [0.2, 0.25) is 0 Å². The lowest BCUT2D eigenvalue weighted by molar-refractivity contribution is -0.384. The van der Waals surface area contributed by atoms with Crippen molar-refractivity contribution in [2.24, 2.45) is 10.2 Å². The SMILES string of the molecule is CCCn1c(O)c(C#N)c(C)c(N=Nc2ccc(C)cc2[N+](=O)[O-])c1=O. The fraction of sp³-hybridized carbons (Fsp3) is 0.294. The molecule has 0 saturated carbocycles. The normalized spacial score (nSPS) is 10.8. The molecule has 0 atom stereocenters. The molecule has 26 heavy (non-hydrogen) atoms. The van der Waals surface area contributed by atoms with E-state index < -0.39 is 16.4 Å². The highest BCUT2D eigenvalue weighted by Crippen LogP contribution is 2.31. The maximum Gasteiger partial charge on any atom is 0.296 e. The van der Waals surface area contributed by atoms with Gasteiger partial charge in [-0.2, -0.15) is 5.26 Å². The van der Waals surface area contributed by atoms with Gasteiger partial charge >= 0.3 is 0 Å². The van der Waals surface area contributed by atoms with Crippen molar-refractivity contribution in [2.75, 3.05) is 0 Å². The molecule has 2 rings (SSSR count). The Morgan fingerprint density at radius 2 is 2.04 bits per heavy atom. The molecule has 0 aliphatic heterocycles. The number of hydrogen-bond acceptors (Lipinski definition) is 7. The molecule has 0 bridgehead atoms. The molecule has 0 spiro atoms. The first-order valence-electron chi connectivity index (χ1n) is 7.85. The second-order valence-corrected chi connectivity index (χ2v) is 5.69. The van der Waals surface area contributed by atoms with Crippen LogP contribution < -0.4 is 5.56 Å². The Labute approximate surface area is 149 Å². The molecule has 0 aliphatic carbocycles. The molecular weight excluding hydrogens is 338 g/mol. The van der Waals surface area contributed by atoms with Crippen LogP contribution in [0, 0.1) is 35.3 Å². The summed E-state index contributed by atoms with van der Waals surface area (Å²) in [7, 11) is 0. The van der Waals surface area contributed by atoms with Gasteiger partial charge in [-0.25, -0.2) is 0 Å². The number of nitriles is 1. The van der Waals surface area contributed by atoms with Gasteiger partial charge in [-0.1, -0.05) is 13.0 Å². The molecule has 0 aliphatic rings. The third kappa shape index (κ3) is 3.44. The third-order valence-corrected chi connectivity index (χ3v) is 3.80. The van der Waals surface area contributed by atoms with Crippen molar-refractivity contribution < 1.29 is 10.0 Å². The lowest BCUT2D eigenvalue weighted by Gasteiger charge is -2.11. The Morgan fingerprint density at radius 1 is 1.35 bits per heavy atom. The number of benzene rings is 1. The third-order valence-electron chi connectivity index (χ3n) is 3.80. The number of azo groups is 1. The molecule has 0 radical (unpaired) electrons. The molecule has 1 aromatic heterocycles. The van der Waals surface area contributed by atoms with Gasteiger partial charge in [0.1, 0.15) is 11.6 Å². The minimum atomic E-state index is -0.612. The van der Waals surface area contributed by atoms with Crippen molar-refractivity contribution in [3.63, 3.8) is 0 Å². The largest absolute Gasteiger partial charge is 0.493 e. The molecule has 0 fully saturated rings. The van der Waals surface area contributed by atoms with Crippen LogP contribution in [0.25, 0.3) is 0 Å². The number of nitro groups is 1. The van der Waals surface area contributed by atoms with Gasteiger partial charge in [0.15, 0.2) is 11.4 Å². The zero-order chi connectivity index (χ0) is 19.4. The molecule has 0 unspecified atom stereocenters. The van der Waals surface area contributed by atoms with E-state index in [1.54, 1.807) is 13.0 Å². The molecule has 134 valence electrons. The fourth-order valence-electron chi connectivity index (χ4n) is 2.46. The molecule has 1 N–H and O–H groups in total. The lowest BCUT2D eigenvalue weighted by Crippen LogP contribution is -2.21. The van der Waals surface area contributed by atoms with E-state index in [9.17, 15) is 25.3 Å². The van der Waals surface area contributed by atoms with E-state index in [2.05, 4.69) is 10.2 Å². The van der Waals surface area contributed by atoms with Crippen molar-refractivity contribution in [3.8, 4) is 11.9 Å². The van der Waals surface area contributed by atoms with E-state index in [1.165, 1.54) is 19.1 Å². The Kier molecular flexibility index (Phi) is 5.47. The van der Waals surface area contributed by atoms with Crippen LogP contribution in [0.4, 0.5) is 17.1 Å². The van der Waals surface area contributed by atoms with Gasteiger partial charge in [0.05, 0.1) is 4.92 Å². The van der Waals surface area contributed by atoms with Gasteiger partial charge in [0, 0.05) is 18.2 Å². The van der Waals surface area contributed by atoms with Gasteiger partial charge in [0.2, 0.25) is 5.88 Å². The van der Waals surface area contributed by atoms with Crippen LogP contribution in [0.15, 0.2) is 33.2 Å². The number of aromatic hydroxyl groups is 1. The number of hydrogen-bond donors (Lipinski definition) is 1. The molecule has 0 amide bonds. The lowest BCUT2D eigenvalue weighted by atomic mass is 10.1. The van der Waals surface area contributed by atoms with Crippen molar-refractivity contribution >= 4 is 17.1 Å². The Bertz CT molecular complexity index is 1000. The first-order valence-corrected chi connectivity index (χ1v) is 7.85. The highest BCUT2D eigenvalue weighted by Gasteiger charge is 2.19. The molecule has 9 heteroatoms. The summed E-state index contributed by atoms with van der Waals surface area (Å²) in [5.41, 5.74) is -0.213. The summed E-state index contributed by atoms with van der Waals surface area (Å²) < 4.78 is 1.05. The van der Waals surface area contributed by atoms with Crippen LogP contribution in [0.1, 0.15) is 30.0 Å². The van der Waals surface area contributed by atoms with Crippen LogP contribution in [-0.4, -0.2) is 14.6 Å². The maximum absolute atomic E-state index is 12.6. The van der Waals surface area contributed by atoms with E-state index in [0.29, 0.717) is 12.0 Å². The minimum Gasteiger partial charge on any atom is -0.493 e. The number of rotatable bonds is 5. The van der Waals surface area contributed by atoms with Gasteiger partial charge in [0.25, 0.3) is 11.2 Å². The molecule has 9 nitrogen and oxygen atoms in total. The second kappa shape index (κ2) is 7.57. The number of pyridine rings is 1. The van der Waals surface area contributed by atoms with Crippen LogP contribution in [0.5, 0.6) is 5.88 Å². The Hall–Kier alpha value is -3.54. The van der Waals surface area contributed by atoms with Crippen molar-refractivity contribution in [3.05, 3.63) is 55.4 Å². The molecule has 2 aromatic rings. The van der Waals surface area contributed by atoms with Crippen molar-refractivity contribution in [1.29, 1.82) is 5.26 Å². The predicted octanol–water partition coefficient (Wildman–Crippen LogP) is 3.78. The molecule has 1 heterocycles. The molecule has 0 saturated heterocycles. The van der Waals surface area contributed by atoms with Gasteiger partial charge in [-0.3, -0.25) is 19.5 Å². The van der Waals surface area contributed by atoms with E-state index in [0.717, 1.165) is 4.57 Å². The second-order valence-electron chi connectivity index (χ2n) is 5.69. The zero-order valence-electron chi connectivity index (χ0n) is 14.6. The van der Waals surface area contributed by atoms with Crippen LogP contribution >= 0.6 is 0 Å². The summed E-state index contributed by atoms with van der Waals surface area (Å²) in [6, 6.07) is 6.27. The van der Waals surface area contributed by atoms with Gasteiger partial charge < -0.3 is 5.11 Å². The number of aryl methyl sites for hydroxylation is 1. The minimum absolute atomic E-state index is 0.00646. The summed E-state index contributed by atoms with van der Waals surface area (Å²) in [4.78, 5) is 23.2. The standard InChI is InChI=1S/C17H17N5O4/c1-4-7-21-16(23)12(9-18)11(3)15(17(21)24)20-19-13-6-5-10(2)8-14(13)22(25)26/h5-6,8,23H,4,7H2,1-3H3. The predicted molar refractivity (Wildman–Crippen MR) is 94.1 cm³/mol. The first kappa shape index (κ1) is 18.8. The smallest absolute Gasteiger partial charge is 0.296 e. The summed E-state index contributed by atoms with van der Waals surface area (Å²) in [6.07, 6.45) is 0.557. The van der Waals surface area contributed by atoms with Crippen molar-refractivity contribution in [1.82, 2.24) is 4.57 Å².